The van der Waals surface area contributed by atoms with Crippen LogP contribution in [0.4, 0.5) is 14.7 Å². The van der Waals surface area contributed by atoms with E-state index in [1.165, 1.54) is 0 Å². The molecule has 0 spiro atoms. The number of anilines is 1. The number of phenols is 1. The quantitative estimate of drug-likeness (QED) is 0.838. The van der Waals surface area contributed by atoms with Crippen molar-refractivity contribution in [3.05, 3.63) is 35.0 Å². The van der Waals surface area contributed by atoms with Gasteiger partial charge in [0.1, 0.15) is 11.4 Å². The van der Waals surface area contributed by atoms with E-state index in [1.807, 2.05) is 0 Å². The summed E-state index contributed by atoms with van der Waals surface area (Å²) in [5, 5.41) is 22.4. The molecule has 1 fully saturated rings. The van der Waals surface area contributed by atoms with Gasteiger partial charge in [0, 0.05) is 29.3 Å². The van der Waals surface area contributed by atoms with Crippen LogP contribution in [-0.2, 0) is 6.42 Å². The van der Waals surface area contributed by atoms with Crippen LogP contribution in [0, 0.1) is 6.92 Å². The molecule has 1 aliphatic heterocycles. The summed E-state index contributed by atoms with van der Waals surface area (Å²) in [6.45, 7) is 3.83. The maximum Gasteiger partial charge on any atom is 0.274 e. The highest BCUT2D eigenvalue weighted by Gasteiger charge is 2.26. The van der Waals surface area contributed by atoms with Gasteiger partial charge in [-0.2, -0.15) is 8.78 Å². The van der Waals surface area contributed by atoms with Gasteiger partial charge in [-0.15, -0.1) is 10.2 Å². The monoisotopic (exact) mass is 387 g/mol. The zero-order chi connectivity index (χ0) is 19.8. The van der Waals surface area contributed by atoms with Crippen LogP contribution in [0.5, 0.6) is 5.75 Å². The third-order valence-corrected chi connectivity index (χ3v) is 5.53. The molecule has 2 heterocycles. The van der Waals surface area contributed by atoms with Crippen LogP contribution in [-0.4, -0.2) is 51.4 Å². The minimum absolute atomic E-state index is 0.00905. The van der Waals surface area contributed by atoms with Crippen LogP contribution in [0.25, 0.3) is 16.8 Å². The molecule has 1 aromatic carbocycles. The number of aromatic nitrogens is 3. The highest BCUT2D eigenvalue weighted by Crippen LogP contribution is 2.44. The van der Waals surface area contributed by atoms with Gasteiger partial charge >= 0.3 is 0 Å². The lowest BCUT2D eigenvalue weighted by molar-refractivity contribution is 0.260. The van der Waals surface area contributed by atoms with E-state index in [4.69, 9.17) is 0 Å². The van der Waals surface area contributed by atoms with Gasteiger partial charge in [-0.25, -0.2) is 4.98 Å². The molecule has 1 saturated heterocycles. The van der Waals surface area contributed by atoms with E-state index >= 15 is 0 Å². The van der Waals surface area contributed by atoms with Crippen molar-refractivity contribution >= 4 is 11.5 Å². The van der Waals surface area contributed by atoms with E-state index in [0.717, 1.165) is 25.9 Å². The van der Waals surface area contributed by atoms with Gasteiger partial charge in [0.15, 0.2) is 0 Å². The van der Waals surface area contributed by atoms with Crippen molar-refractivity contribution in [1.29, 1.82) is 0 Å². The van der Waals surface area contributed by atoms with Crippen LogP contribution in [0.3, 0.4) is 0 Å². The molecule has 1 aliphatic carbocycles. The lowest BCUT2D eigenvalue weighted by atomic mass is 10.0. The Hall–Kier alpha value is -2.61. The maximum atomic E-state index is 13.1. The first-order valence-electron chi connectivity index (χ1n) is 9.50. The summed E-state index contributed by atoms with van der Waals surface area (Å²) < 4.78 is 26.1. The second-order valence-electron chi connectivity index (χ2n) is 7.54. The number of fused-ring (bicyclic) bond motifs is 1. The lowest BCUT2D eigenvalue weighted by Crippen LogP contribution is -2.40. The number of nitrogens with one attached hydrogen (secondary N) is 1. The summed E-state index contributed by atoms with van der Waals surface area (Å²) >= 11 is 0. The third kappa shape index (κ3) is 3.44. The summed E-state index contributed by atoms with van der Waals surface area (Å²) in [4.78, 5) is 6.77. The van der Waals surface area contributed by atoms with Crippen molar-refractivity contribution in [2.45, 2.75) is 38.6 Å². The molecule has 2 aliphatic rings. The summed E-state index contributed by atoms with van der Waals surface area (Å²) in [5.41, 5.74) is 2.52. The van der Waals surface area contributed by atoms with Crippen molar-refractivity contribution in [3.63, 3.8) is 0 Å². The molecule has 1 aromatic heterocycles. The van der Waals surface area contributed by atoms with Gasteiger partial charge in [0.05, 0.1) is 5.69 Å². The Labute approximate surface area is 162 Å². The number of likely N-dealkylation sites (tertiary alicyclic amines) is 1. The van der Waals surface area contributed by atoms with Gasteiger partial charge in [0.2, 0.25) is 5.95 Å². The lowest BCUT2D eigenvalue weighted by Gasteiger charge is -2.30. The standard InChI is InChI=1S/C20H23F2N5O/c1-11-17(25-26-20(23-11)24-12-4-3-9-27(2)10-12)16-8-5-13-14(18(16)28)6-7-15(13)19(21)22/h5,8,12,28H,3-4,6-7,9-10H2,1-2H3,(H,23,24,26)/t12-/m1/s1. The summed E-state index contributed by atoms with van der Waals surface area (Å²) in [6.07, 6.45) is 1.11. The predicted molar refractivity (Wildman–Crippen MR) is 103 cm³/mol. The average Bonchev–Trinajstić information content (AvgIpc) is 3.08. The van der Waals surface area contributed by atoms with E-state index < -0.39 is 6.08 Å². The van der Waals surface area contributed by atoms with Gasteiger partial charge < -0.3 is 15.3 Å². The van der Waals surface area contributed by atoms with E-state index in [2.05, 4.69) is 32.4 Å². The van der Waals surface area contributed by atoms with E-state index in [0.29, 0.717) is 40.4 Å². The smallest absolute Gasteiger partial charge is 0.274 e. The van der Waals surface area contributed by atoms with Crippen LogP contribution in [0.2, 0.25) is 0 Å². The van der Waals surface area contributed by atoms with Crippen molar-refractivity contribution < 1.29 is 13.9 Å². The molecule has 8 heteroatoms. The van der Waals surface area contributed by atoms with E-state index in [1.54, 1.807) is 19.1 Å². The molecule has 2 aromatic rings. The molecule has 0 saturated carbocycles. The van der Waals surface area contributed by atoms with E-state index in [9.17, 15) is 13.9 Å². The number of phenolic OH excluding ortho intramolecular Hbond substituents is 1. The molecular formula is C20H23F2N5O. The number of nitrogens with zero attached hydrogens (tertiary/aromatic N) is 4. The predicted octanol–water partition coefficient (Wildman–Crippen LogP) is 3.61. The number of aromatic hydroxyl groups is 1. The first-order valence-corrected chi connectivity index (χ1v) is 9.50. The van der Waals surface area contributed by atoms with Crippen LogP contribution in [0.15, 0.2) is 18.2 Å². The SMILES string of the molecule is Cc1nc(N[C@@H]2CCCN(C)C2)nnc1-c1ccc2c(c1O)CCC2=C(F)F. The average molecular weight is 387 g/mol. The highest BCUT2D eigenvalue weighted by atomic mass is 19.3. The van der Waals surface area contributed by atoms with Gasteiger partial charge in [0.25, 0.3) is 6.08 Å². The topological polar surface area (TPSA) is 74.2 Å². The molecule has 28 heavy (non-hydrogen) atoms. The number of halogens is 2. The second-order valence-corrected chi connectivity index (χ2v) is 7.54. The summed E-state index contributed by atoms with van der Waals surface area (Å²) in [6, 6.07) is 3.52. The van der Waals surface area contributed by atoms with Crippen LogP contribution >= 0.6 is 0 Å². The fourth-order valence-corrected chi connectivity index (χ4v) is 4.12. The molecular weight excluding hydrogens is 364 g/mol. The fraction of sp³-hybridized carbons (Fsp3) is 0.450. The van der Waals surface area contributed by atoms with Crippen molar-refractivity contribution in [2.24, 2.45) is 0 Å². The minimum Gasteiger partial charge on any atom is -0.507 e. The van der Waals surface area contributed by atoms with Gasteiger partial charge in [-0.05, 0) is 57.8 Å². The second kappa shape index (κ2) is 7.43. The van der Waals surface area contributed by atoms with Crippen molar-refractivity contribution in [2.75, 3.05) is 25.5 Å². The Morgan fingerprint density at radius 2 is 2.00 bits per heavy atom. The Bertz CT molecular complexity index is 942. The molecule has 148 valence electrons. The maximum absolute atomic E-state index is 13.1. The van der Waals surface area contributed by atoms with Gasteiger partial charge in [-0.1, -0.05) is 6.07 Å². The first-order chi connectivity index (χ1) is 13.4. The molecule has 0 amide bonds. The summed E-state index contributed by atoms with van der Waals surface area (Å²) in [7, 11) is 2.09. The minimum atomic E-state index is -1.69. The Morgan fingerprint density at radius 1 is 1.21 bits per heavy atom. The zero-order valence-corrected chi connectivity index (χ0v) is 16.0. The molecule has 2 N–H and O–H groups in total. The number of rotatable bonds is 3. The Kier molecular flexibility index (Phi) is 4.97. The number of hydrogen-bond acceptors (Lipinski definition) is 6. The first kappa shape index (κ1) is 18.7. The normalized spacial score (nSPS) is 19.6. The van der Waals surface area contributed by atoms with Crippen molar-refractivity contribution in [3.8, 4) is 17.0 Å². The Balaban J connectivity index is 1.61. The molecule has 1 atom stereocenters. The number of aryl methyl sites for hydroxylation is 1. The number of likely N-dealkylation sites (N-methyl/N-ethyl adjacent to an activating group) is 1. The molecule has 0 unspecified atom stereocenters. The number of piperidine rings is 1. The van der Waals surface area contributed by atoms with E-state index in [-0.39, 0.29) is 23.8 Å². The fourth-order valence-electron chi connectivity index (χ4n) is 4.12. The molecule has 0 radical (unpaired) electrons. The zero-order valence-electron chi connectivity index (χ0n) is 16.0. The molecule has 0 bridgehead atoms. The Morgan fingerprint density at radius 3 is 2.71 bits per heavy atom. The number of benzene rings is 1. The largest absolute Gasteiger partial charge is 0.507 e. The van der Waals surface area contributed by atoms with Crippen LogP contribution < -0.4 is 5.32 Å². The molecule has 4 rings (SSSR count). The summed E-state index contributed by atoms with van der Waals surface area (Å²) in [5.74, 6) is 0.453. The van der Waals surface area contributed by atoms with Crippen molar-refractivity contribution in [1.82, 2.24) is 20.1 Å². The third-order valence-electron chi connectivity index (χ3n) is 5.53. The highest BCUT2D eigenvalue weighted by molar-refractivity contribution is 5.81. The number of hydrogen-bond donors (Lipinski definition) is 2. The van der Waals surface area contributed by atoms with Gasteiger partial charge in [-0.3, -0.25) is 0 Å². The molecule has 6 nitrogen and oxygen atoms in total. The van der Waals surface area contributed by atoms with Crippen LogP contribution in [0.1, 0.15) is 36.1 Å². The number of allylic oxidation sites excluding steroid dienone is 1.